The van der Waals surface area contributed by atoms with Crippen molar-refractivity contribution in [2.45, 2.75) is 167 Å². The maximum absolute atomic E-state index is 6.02. The molecular weight excluding hydrogens is 520 g/mol. The van der Waals surface area contributed by atoms with E-state index >= 15 is 0 Å². The van der Waals surface area contributed by atoms with Gasteiger partial charge >= 0.3 is 0 Å². The molecule has 0 heterocycles. The summed E-state index contributed by atoms with van der Waals surface area (Å²) in [6.45, 7) is 5.20. The topological polar surface area (TPSA) is 153 Å². The number of guanidine groups is 2. The van der Waals surface area contributed by atoms with Gasteiger partial charge in [-0.25, -0.2) is 0 Å². The number of rotatable bonds is 33. The molecule has 0 atom stereocenters. The molecule has 0 fully saturated rings. The first-order valence-electron chi connectivity index (χ1n) is 18.2. The highest BCUT2D eigenvalue weighted by atomic mass is 15.1. The lowest BCUT2D eigenvalue weighted by molar-refractivity contribution is 0.545. The van der Waals surface area contributed by atoms with E-state index in [0.717, 1.165) is 65.0 Å². The van der Waals surface area contributed by atoms with E-state index in [0.29, 0.717) is 11.9 Å². The SMILES string of the molecule is NCCCCCCCCCCCCCNC(N)=NCCCCCCCCCCCCCN=C(N)NCCCCCCN. The van der Waals surface area contributed by atoms with Crippen LogP contribution in [0.1, 0.15) is 167 Å². The Morgan fingerprint density at radius 1 is 0.333 bits per heavy atom. The monoisotopic (exact) mass is 595 g/mol. The molecule has 250 valence electrons. The molecule has 0 spiro atoms. The van der Waals surface area contributed by atoms with Gasteiger partial charge in [-0.2, -0.15) is 0 Å². The van der Waals surface area contributed by atoms with Crippen LogP contribution in [0.3, 0.4) is 0 Å². The minimum absolute atomic E-state index is 0.601. The number of aliphatic imine (C=N–C) groups is 2. The van der Waals surface area contributed by atoms with E-state index in [1.54, 1.807) is 0 Å². The van der Waals surface area contributed by atoms with Crippen LogP contribution in [0, 0.1) is 0 Å². The van der Waals surface area contributed by atoms with Crippen LogP contribution in [-0.2, 0) is 0 Å². The van der Waals surface area contributed by atoms with E-state index in [-0.39, 0.29) is 0 Å². The van der Waals surface area contributed by atoms with Crippen LogP contribution in [0.2, 0.25) is 0 Å². The minimum atomic E-state index is 0.601. The van der Waals surface area contributed by atoms with Gasteiger partial charge < -0.3 is 33.6 Å². The van der Waals surface area contributed by atoms with Crippen molar-refractivity contribution in [2.24, 2.45) is 32.9 Å². The van der Waals surface area contributed by atoms with E-state index < -0.39 is 0 Å². The van der Waals surface area contributed by atoms with Gasteiger partial charge in [0.15, 0.2) is 11.9 Å². The van der Waals surface area contributed by atoms with Crippen LogP contribution >= 0.6 is 0 Å². The molecule has 10 N–H and O–H groups in total. The van der Waals surface area contributed by atoms with Crippen LogP contribution < -0.4 is 33.6 Å². The van der Waals surface area contributed by atoms with Gasteiger partial charge in [-0.15, -0.1) is 0 Å². The molecule has 0 saturated heterocycles. The molecule has 0 saturated carbocycles. The summed E-state index contributed by atoms with van der Waals surface area (Å²) in [6.07, 6.45) is 33.5. The van der Waals surface area contributed by atoms with E-state index in [2.05, 4.69) is 20.6 Å². The average molecular weight is 595 g/mol. The molecule has 0 aliphatic rings. The van der Waals surface area contributed by atoms with Crippen molar-refractivity contribution >= 4 is 11.9 Å². The van der Waals surface area contributed by atoms with Crippen molar-refractivity contribution in [2.75, 3.05) is 39.3 Å². The number of nitrogens with zero attached hydrogens (tertiary/aromatic N) is 2. The van der Waals surface area contributed by atoms with Gasteiger partial charge in [0.2, 0.25) is 0 Å². The van der Waals surface area contributed by atoms with Crippen molar-refractivity contribution in [3.05, 3.63) is 0 Å². The van der Waals surface area contributed by atoms with Crippen molar-refractivity contribution in [1.82, 2.24) is 10.6 Å². The van der Waals surface area contributed by atoms with Crippen molar-refractivity contribution in [3.63, 3.8) is 0 Å². The molecule has 0 aromatic heterocycles. The molecule has 0 aromatic rings. The molecule has 0 radical (unpaired) electrons. The molecule has 0 bridgehead atoms. The number of unbranched alkanes of at least 4 members (excludes halogenated alkanes) is 23. The Morgan fingerprint density at radius 3 is 0.857 bits per heavy atom. The molecule has 0 aliphatic carbocycles. The molecule has 0 amide bonds. The minimum Gasteiger partial charge on any atom is -0.370 e. The Hall–Kier alpha value is -1.54. The second kappa shape index (κ2) is 35.7. The van der Waals surface area contributed by atoms with E-state index in [4.69, 9.17) is 22.9 Å². The summed E-state index contributed by atoms with van der Waals surface area (Å²) < 4.78 is 0. The first-order chi connectivity index (χ1) is 20.7. The van der Waals surface area contributed by atoms with Gasteiger partial charge in [-0.3, -0.25) is 9.98 Å². The van der Waals surface area contributed by atoms with Crippen LogP contribution in [0.15, 0.2) is 9.98 Å². The Morgan fingerprint density at radius 2 is 0.571 bits per heavy atom. The molecular formula is C34H74N8. The lowest BCUT2D eigenvalue weighted by atomic mass is 10.1. The lowest BCUT2D eigenvalue weighted by Crippen LogP contribution is -2.32. The number of nitrogens with one attached hydrogen (secondary N) is 2. The Balaban J connectivity index is 3.30. The quantitative estimate of drug-likeness (QED) is 0.0277. The highest BCUT2D eigenvalue weighted by molar-refractivity contribution is 5.78. The maximum atomic E-state index is 6.02. The van der Waals surface area contributed by atoms with E-state index in [1.165, 1.54) is 141 Å². The van der Waals surface area contributed by atoms with Crippen LogP contribution in [-0.4, -0.2) is 51.2 Å². The fourth-order valence-corrected chi connectivity index (χ4v) is 5.24. The van der Waals surface area contributed by atoms with Gasteiger partial charge in [0.05, 0.1) is 0 Å². The number of hydrogen-bond donors (Lipinski definition) is 6. The van der Waals surface area contributed by atoms with Gasteiger partial charge in [0.1, 0.15) is 0 Å². The number of nitrogens with two attached hydrogens (primary N) is 4. The van der Waals surface area contributed by atoms with Gasteiger partial charge in [-0.1, -0.05) is 128 Å². The first-order valence-corrected chi connectivity index (χ1v) is 18.2. The summed E-state index contributed by atoms with van der Waals surface area (Å²) in [7, 11) is 0. The molecule has 0 rings (SSSR count). The third-order valence-electron chi connectivity index (χ3n) is 8.00. The molecule has 0 unspecified atom stereocenters. The zero-order chi connectivity index (χ0) is 30.6. The van der Waals surface area contributed by atoms with Gasteiger partial charge in [-0.05, 0) is 51.6 Å². The van der Waals surface area contributed by atoms with E-state index in [9.17, 15) is 0 Å². The molecule has 0 aliphatic heterocycles. The molecule has 8 heteroatoms. The predicted octanol–water partition coefficient (Wildman–Crippen LogP) is 6.86. The molecule has 8 nitrogen and oxygen atoms in total. The van der Waals surface area contributed by atoms with Crippen LogP contribution in [0.4, 0.5) is 0 Å². The van der Waals surface area contributed by atoms with E-state index in [1.807, 2.05) is 0 Å². The van der Waals surface area contributed by atoms with Crippen molar-refractivity contribution in [3.8, 4) is 0 Å². The summed E-state index contributed by atoms with van der Waals surface area (Å²) in [5.41, 5.74) is 23.0. The highest BCUT2D eigenvalue weighted by Gasteiger charge is 1.97. The van der Waals surface area contributed by atoms with Crippen LogP contribution in [0.25, 0.3) is 0 Å². The fraction of sp³-hybridized carbons (Fsp3) is 0.941. The highest BCUT2D eigenvalue weighted by Crippen LogP contribution is 2.12. The van der Waals surface area contributed by atoms with Crippen molar-refractivity contribution < 1.29 is 0 Å². The second-order valence-electron chi connectivity index (χ2n) is 12.2. The summed E-state index contributed by atoms with van der Waals surface area (Å²) in [6, 6.07) is 0. The maximum Gasteiger partial charge on any atom is 0.188 e. The smallest absolute Gasteiger partial charge is 0.188 e. The normalized spacial score (nSPS) is 12.2. The molecule has 0 aromatic carbocycles. The standard InChI is InChI=1S/C34H74N8/c35-27-21-15-11-7-3-1-4-8-12-17-23-29-39-33(37)40-30-24-18-13-9-5-2-6-10-14-19-25-31-41-34(38)42-32-26-20-16-22-28-36/h1-32,35-36H2,(H3,37,39,40)(H3,38,41,42). The lowest BCUT2D eigenvalue weighted by Gasteiger charge is -2.06. The average Bonchev–Trinajstić information content (AvgIpc) is 2.99. The zero-order valence-electron chi connectivity index (χ0n) is 27.8. The Kier molecular flexibility index (Phi) is 34.3. The second-order valence-corrected chi connectivity index (χ2v) is 12.2. The summed E-state index contributed by atoms with van der Waals surface area (Å²) in [4.78, 5) is 8.94. The summed E-state index contributed by atoms with van der Waals surface area (Å²) >= 11 is 0. The summed E-state index contributed by atoms with van der Waals surface area (Å²) in [5, 5.41) is 6.50. The first kappa shape index (κ1) is 40.5. The third kappa shape index (κ3) is 34.7. The van der Waals surface area contributed by atoms with Crippen molar-refractivity contribution in [1.29, 1.82) is 0 Å². The predicted molar refractivity (Wildman–Crippen MR) is 187 cm³/mol. The fourth-order valence-electron chi connectivity index (χ4n) is 5.24. The van der Waals surface area contributed by atoms with Gasteiger partial charge in [0.25, 0.3) is 0 Å². The number of hydrogen-bond acceptors (Lipinski definition) is 4. The Bertz CT molecular complexity index is 582. The van der Waals surface area contributed by atoms with Crippen LogP contribution in [0.5, 0.6) is 0 Å². The Labute approximate surface area is 261 Å². The third-order valence-corrected chi connectivity index (χ3v) is 8.00. The molecule has 42 heavy (non-hydrogen) atoms. The zero-order valence-corrected chi connectivity index (χ0v) is 27.8. The van der Waals surface area contributed by atoms with Gasteiger partial charge in [0, 0.05) is 26.2 Å². The summed E-state index contributed by atoms with van der Waals surface area (Å²) in [5.74, 6) is 1.23. The largest absolute Gasteiger partial charge is 0.370 e.